The fourth-order valence-corrected chi connectivity index (χ4v) is 4.21. The van der Waals surface area contributed by atoms with Gasteiger partial charge in [-0.15, -0.1) is 0 Å². The highest BCUT2D eigenvalue weighted by molar-refractivity contribution is 6.02. The van der Waals surface area contributed by atoms with Crippen LogP contribution < -0.4 is 5.73 Å². The average molecular weight is 472 g/mol. The number of ether oxygens (including phenoxy) is 1. The molecule has 4 aromatic heterocycles. The molecule has 1 saturated heterocycles. The molecule has 10 heteroatoms. The maximum Gasteiger partial charge on any atom is 0.410 e. The first-order valence-electron chi connectivity index (χ1n) is 11.3. The van der Waals surface area contributed by atoms with Crippen LogP contribution in [0.2, 0.25) is 0 Å². The molecule has 35 heavy (non-hydrogen) atoms. The summed E-state index contributed by atoms with van der Waals surface area (Å²) in [5.74, 6) is 6.45. The zero-order chi connectivity index (χ0) is 24.7. The van der Waals surface area contributed by atoms with E-state index in [1.165, 1.54) is 6.20 Å². The molecule has 0 aliphatic carbocycles. The number of aromatic nitrogens is 5. The van der Waals surface area contributed by atoms with Crippen molar-refractivity contribution in [3.05, 3.63) is 53.6 Å². The van der Waals surface area contributed by atoms with E-state index in [2.05, 4.69) is 21.9 Å². The fraction of sp³-hybridized carbons (Fsp3) is 0.320. The van der Waals surface area contributed by atoms with Gasteiger partial charge in [0.2, 0.25) is 0 Å². The minimum absolute atomic E-state index is 0.165. The average Bonchev–Trinajstić information content (AvgIpc) is 3.54. The van der Waals surface area contributed by atoms with Gasteiger partial charge in [-0.05, 0) is 51.3 Å². The van der Waals surface area contributed by atoms with E-state index in [1.54, 1.807) is 20.3 Å². The minimum Gasteiger partial charge on any atom is -0.444 e. The summed E-state index contributed by atoms with van der Waals surface area (Å²) in [6.07, 6.45) is 6.00. The number of hydrogen-bond acceptors (Lipinski definition) is 7. The first kappa shape index (κ1) is 22.4. The topological polar surface area (TPSA) is 121 Å². The van der Waals surface area contributed by atoms with Crippen LogP contribution in [0.5, 0.6) is 0 Å². The van der Waals surface area contributed by atoms with E-state index in [-0.39, 0.29) is 18.0 Å². The van der Waals surface area contributed by atoms with E-state index < -0.39 is 5.60 Å². The van der Waals surface area contributed by atoms with E-state index in [9.17, 15) is 9.59 Å². The molecule has 0 radical (unpaired) electrons. The van der Waals surface area contributed by atoms with Crippen LogP contribution >= 0.6 is 0 Å². The number of amides is 1. The van der Waals surface area contributed by atoms with Gasteiger partial charge in [0.05, 0.1) is 28.0 Å². The second-order valence-corrected chi connectivity index (χ2v) is 9.47. The maximum atomic E-state index is 12.6. The predicted molar refractivity (Wildman–Crippen MR) is 130 cm³/mol. The van der Waals surface area contributed by atoms with Crippen LogP contribution in [0.15, 0.2) is 36.8 Å². The second-order valence-electron chi connectivity index (χ2n) is 9.47. The molecule has 4 aromatic rings. The molecule has 0 unspecified atom stereocenters. The van der Waals surface area contributed by atoms with E-state index in [4.69, 9.17) is 15.6 Å². The molecule has 2 N–H and O–H groups in total. The number of rotatable bonds is 2. The first-order valence-corrected chi connectivity index (χ1v) is 11.3. The van der Waals surface area contributed by atoms with Crippen molar-refractivity contribution in [3.8, 4) is 11.8 Å². The van der Waals surface area contributed by atoms with Crippen LogP contribution in [-0.2, 0) is 4.74 Å². The maximum absolute atomic E-state index is 12.6. The van der Waals surface area contributed by atoms with Gasteiger partial charge in [-0.25, -0.2) is 14.3 Å². The highest BCUT2D eigenvalue weighted by atomic mass is 16.6. The SMILES string of the molecule is CC(C)(C)OC(=O)N1CC[C@H](n2nc(C#Cc3ccc4ccnn4c3)c3c(N)ncc(C=O)c32)C1. The van der Waals surface area contributed by atoms with Crippen molar-refractivity contribution in [3.63, 3.8) is 0 Å². The second kappa shape index (κ2) is 8.43. The largest absolute Gasteiger partial charge is 0.444 e. The summed E-state index contributed by atoms with van der Waals surface area (Å²) < 4.78 is 9.01. The Labute approximate surface area is 201 Å². The predicted octanol–water partition coefficient (Wildman–Crippen LogP) is 3.06. The van der Waals surface area contributed by atoms with Crippen molar-refractivity contribution in [2.24, 2.45) is 0 Å². The van der Waals surface area contributed by atoms with Gasteiger partial charge in [-0.2, -0.15) is 10.2 Å². The third kappa shape index (κ3) is 4.28. The number of aldehydes is 1. The lowest BCUT2D eigenvalue weighted by molar-refractivity contribution is 0.0288. The Balaban J connectivity index is 1.54. The number of likely N-dealkylation sites (tertiary alicyclic amines) is 1. The molecule has 0 bridgehead atoms. The lowest BCUT2D eigenvalue weighted by atomic mass is 10.1. The molecule has 1 aliphatic heterocycles. The summed E-state index contributed by atoms with van der Waals surface area (Å²) in [6.45, 7) is 6.42. The molecule has 0 saturated carbocycles. The fourth-order valence-electron chi connectivity index (χ4n) is 4.21. The van der Waals surface area contributed by atoms with E-state index in [1.807, 2.05) is 45.2 Å². The molecular formula is C25H25N7O3. The zero-order valence-electron chi connectivity index (χ0n) is 19.7. The highest BCUT2D eigenvalue weighted by Crippen LogP contribution is 2.32. The molecule has 1 amide bonds. The molecule has 178 valence electrons. The Bertz CT molecular complexity index is 1520. The molecule has 1 atom stereocenters. The van der Waals surface area contributed by atoms with Crippen molar-refractivity contribution in [1.82, 2.24) is 29.3 Å². The Kier molecular flexibility index (Phi) is 5.40. The zero-order valence-corrected chi connectivity index (χ0v) is 19.7. The third-order valence-corrected chi connectivity index (χ3v) is 5.79. The lowest BCUT2D eigenvalue weighted by Crippen LogP contribution is -2.35. The summed E-state index contributed by atoms with van der Waals surface area (Å²) in [4.78, 5) is 30.3. The molecule has 1 aliphatic rings. The number of carbonyl (C=O) groups excluding carboxylic acids is 2. The summed E-state index contributed by atoms with van der Waals surface area (Å²) in [7, 11) is 0. The molecule has 0 aromatic carbocycles. The Morgan fingerprint density at radius 2 is 2.09 bits per heavy atom. The van der Waals surface area contributed by atoms with Crippen LogP contribution in [0.3, 0.4) is 0 Å². The van der Waals surface area contributed by atoms with Crippen molar-refractivity contribution in [1.29, 1.82) is 0 Å². The number of nitrogen functional groups attached to an aromatic ring is 1. The van der Waals surface area contributed by atoms with Gasteiger partial charge in [0.25, 0.3) is 0 Å². The van der Waals surface area contributed by atoms with Crippen LogP contribution in [0, 0.1) is 11.8 Å². The number of nitrogens with two attached hydrogens (primary N) is 1. The Morgan fingerprint density at radius 3 is 2.86 bits per heavy atom. The van der Waals surface area contributed by atoms with Crippen molar-refractivity contribution in [2.75, 3.05) is 18.8 Å². The number of anilines is 1. The normalized spacial score (nSPS) is 15.9. The van der Waals surface area contributed by atoms with Gasteiger partial charge in [-0.3, -0.25) is 9.48 Å². The van der Waals surface area contributed by atoms with Gasteiger partial charge < -0.3 is 15.4 Å². The smallest absolute Gasteiger partial charge is 0.410 e. The molecule has 10 nitrogen and oxygen atoms in total. The lowest BCUT2D eigenvalue weighted by Gasteiger charge is -2.24. The first-order chi connectivity index (χ1) is 16.7. The standard InChI is InChI=1S/C25H25N7O3/c1-25(2,3)35-24(34)30-11-9-19(14-30)32-22-17(15-33)12-27-23(26)21(22)20(29-32)7-5-16-4-6-18-8-10-28-31(18)13-16/h4,6,8,10,12-13,15,19H,9,11,14H2,1-3H3,(H2,26,27)/t19-/m0/s1. The molecule has 0 spiro atoms. The van der Waals surface area contributed by atoms with Crippen molar-refractivity contribution < 1.29 is 14.3 Å². The summed E-state index contributed by atoms with van der Waals surface area (Å²) in [5, 5.41) is 9.50. The number of nitrogens with zero attached hydrogens (tertiary/aromatic N) is 6. The number of pyridine rings is 2. The van der Waals surface area contributed by atoms with Crippen LogP contribution in [0.25, 0.3) is 16.4 Å². The Hall–Kier alpha value is -4.39. The quantitative estimate of drug-likeness (QED) is 0.352. The number of fused-ring (bicyclic) bond motifs is 2. The minimum atomic E-state index is -0.583. The molecule has 5 rings (SSSR count). The van der Waals surface area contributed by atoms with E-state index in [0.717, 1.165) is 17.4 Å². The van der Waals surface area contributed by atoms with Crippen molar-refractivity contribution in [2.45, 2.75) is 38.8 Å². The van der Waals surface area contributed by atoms with E-state index in [0.29, 0.717) is 41.7 Å². The monoisotopic (exact) mass is 471 g/mol. The highest BCUT2D eigenvalue weighted by Gasteiger charge is 2.33. The number of hydrogen-bond donors (Lipinski definition) is 1. The summed E-state index contributed by atoms with van der Waals surface area (Å²) in [5.41, 5.74) is 8.70. The van der Waals surface area contributed by atoms with Crippen LogP contribution in [0.4, 0.5) is 10.6 Å². The Morgan fingerprint density at radius 1 is 1.26 bits per heavy atom. The van der Waals surface area contributed by atoms with Gasteiger partial charge in [0.15, 0.2) is 6.29 Å². The van der Waals surface area contributed by atoms with Crippen LogP contribution in [0.1, 0.15) is 54.8 Å². The van der Waals surface area contributed by atoms with E-state index >= 15 is 0 Å². The van der Waals surface area contributed by atoms with Gasteiger partial charge >= 0.3 is 6.09 Å². The molecule has 5 heterocycles. The van der Waals surface area contributed by atoms with Gasteiger partial charge in [0.1, 0.15) is 17.1 Å². The van der Waals surface area contributed by atoms with Crippen LogP contribution in [-0.4, -0.2) is 60.3 Å². The summed E-state index contributed by atoms with van der Waals surface area (Å²) >= 11 is 0. The van der Waals surface area contributed by atoms with Crippen molar-refractivity contribution >= 4 is 34.6 Å². The van der Waals surface area contributed by atoms with Gasteiger partial charge in [-0.1, -0.05) is 5.92 Å². The van der Waals surface area contributed by atoms with Gasteiger partial charge in [0, 0.05) is 37.2 Å². The molecular weight excluding hydrogens is 446 g/mol. The third-order valence-electron chi connectivity index (χ3n) is 5.79. The molecule has 1 fully saturated rings. The summed E-state index contributed by atoms with van der Waals surface area (Å²) in [6, 6.07) is 5.57. The number of carbonyl (C=O) groups is 2.